The van der Waals surface area contributed by atoms with Gasteiger partial charge in [0.25, 0.3) is 5.91 Å². The molecule has 8 heteroatoms. The molecule has 124 valence electrons. The fourth-order valence-electron chi connectivity index (χ4n) is 1.93. The summed E-state index contributed by atoms with van der Waals surface area (Å²) in [5, 5.41) is 4.06. The van der Waals surface area contributed by atoms with E-state index in [1.807, 2.05) is 6.92 Å². The molecule has 0 aliphatic heterocycles. The second-order valence-electron chi connectivity index (χ2n) is 5.06. The first-order valence-electron chi connectivity index (χ1n) is 7.17. The maximum Gasteiger partial charge on any atom is 0.287 e. The van der Waals surface area contributed by atoms with Crippen molar-refractivity contribution in [2.24, 2.45) is 0 Å². The quantitative estimate of drug-likeness (QED) is 0.809. The van der Waals surface area contributed by atoms with Gasteiger partial charge in [-0.15, -0.1) is 0 Å². The van der Waals surface area contributed by atoms with Crippen molar-refractivity contribution >= 4 is 15.9 Å². The van der Waals surface area contributed by atoms with E-state index in [0.29, 0.717) is 12.1 Å². The Bertz CT molecular complexity index is 785. The molecule has 0 radical (unpaired) electrons. The average Bonchev–Trinajstić information content (AvgIpc) is 3.02. The number of aromatic nitrogens is 2. The lowest BCUT2D eigenvalue weighted by molar-refractivity contribution is 0.0877. The summed E-state index contributed by atoms with van der Waals surface area (Å²) in [6, 6.07) is 7.01. The van der Waals surface area contributed by atoms with E-state index < -0.39 is 15.9 Å². The number of unbranched alkanes of at least 4 members (excludes halogenated alkanes) is 1. The zero-order valence-corrected chi connectivity index (χ0v) is 13.8. The number of benzene rings is 1. The zero-order chi connectivity index (χ0) is 17.0. The van der Waals surface area contributed by atoms with Crippen molar-refractivity contribution in [1.29, 1.82) is 0 Å². The predicted octanol–water partition coefficient (Wildman–Crippen LogP) is 2.21. The highest BCUT2D eigenvalue weighted by molar-refractivity contribution is 7.89. The number of amides is 1. The molecule has 23 heavy (non-hydrogen) atoms. The second kappa shape index (κ2) is 6.91. The fraction of sp³-hybridized carbons (Fsp3) is 0.333. The van der Waals surface area contributed by atoms with Crippen LogP contribution in [-0.4, -0.2) is 41.2 Å². The number of halogens is 1. The molecule has 2 rings (SSSR count). The summed E-state index contributed by atoms with van der Waals surface area (Å²) in [7, 11) is -2.42. The maximum atomic E-state index is 12.9. The van der Waals surface area contributed by atoms with Gasteiger partial charge in [-0.1, -0.05) is 13.3 Å². The van der Waals surface area contributed by atoms with Crippen molar-refractivity contribution in [3.05, 3.63) is 48.0 Å². The number of hydrogen-bond acceptors (Lipinski definition) is 4. The van der Waals surface area contributed by atoms with E-state index in [9.17, 15) is 17.6 Å². The number of rotatable bonds is 6. The highest BCUT2D eigenvalue weighted by Gasteiger charge is 2.25. The van der Waals surface area contributed by atoms with Gasteiger partial charge in [-0.3, -0.25) is 4.79 Å². The molecule has 0 N–H and O–H groups in total. The number of carbonyl (C=O) groups excluding carboxylic acids is 1. The highest BCUT2D eigenvalue weighted by atomic mass is 32.2. The molecular weight excluding hydrogens is 321 g/mol. The molecule has 2 aromatic rings. The van der Waals surface area contributed by atoms with Gasteiger partial charge >= 0.3 is 0 Å². The number of carbonyl (C=O) groups is 1. The largest absolute Gasteiger partial charge is 0.287 e. The van der Waals surface area contributed by atoms with Crippen molar-refractivity contribution in [2.75, 3.05) is 12.8 Å². The molecule has 1 aromatic heterocycles. The minimum Gasteiger partial charge on any atom is -0.266 e. The molecule has 1 amide bonds. The Morgan fingerprint density at radius 1 is 1.26 bits per heavy atom. The lowest BCUT2D eigenvalue weighted by Crippen LogP contribution is -2.35. The van der Waals surface area contributed by atoms with Gasteiger partial charge in [0.2, 0.25) is 10.0 Å². The van der Waals surface area contributed by atoms with Crippen LogP contribution in [0, 0.1) is 5.82 Å². The number of sulfonamides is 1. The molecule has 0 aliphatic carbocycles. The first kappa shape index (κ1) is 17.1. The molecule has 6 nitrogen and oxygen atoms in total. The molecule has 0 aliphatic rings. The Balaban J connectivity index is 2.19. The Morgan fingerprint density at radius 2 is 1.91 bits per heavy atom. The normalized spacial score (nSPS) is 11.4. The summed E-state index contributed by atoms with van der Waals surface area (Å²) in [5.41, 5.74) is 0.582. The van der Waals surface area contributed by atoms with Crippen molar-refractivity contribution in [3.8, 4) is 5.69 Å². The van der Waals surface area contributed by atoms with Crippen LogP contribution < -0.4 is 0 Å². The zero-order valence-electron chi connectivity index (χ0n) is 12.9. The number of nitrogens with zero attached hydrogens (tertiary/aromatic N) is 3. The van der Waals surface area contributed by atoms with Crippen LogP contribution in [0.2, 0.25) is 0 Å². The van der Waals surface area contributed by atoms with Crippen LogP contribution in [0.1, 0.15) is 30.3 Å². The first-order valence-corrected chi connectivity index (χ1v) is 8.78. The standard InChI is InChI=1S/C15H18FN3O3S/c1-3-4-11-23(21,22)18(2)15(20)14-9-10-19(17-14)13-7-5-12(16)6-8-13/h5-10H,3-4,11H2,1-2H3. The summed E-state index contributed by atoms with van der Waals surface area (Å²) >= 11 is 0. The summed E-state index contributed by atoms with van der Waals surface area (Å²) < 4.78 is 39.1. The summed E-state index contributed by atoms with van der Waals surface area (Å²) in [6.07, 6.45) is 2.73. The third-order valence-electron chi connectivity index (χ3n) is 3.36. The van der Waals surface area contributed by atoms with Gasteiger partial charge < -0.3 is 0 Å². The van der Waals surface area contributed by atoms with Crippen LogP contribution in [0.3, 0.4) is 0 Å². The van der Waals surface area contributed by atoms with Gasteiger partial charge in [0.05, 0.1) is 11.4 Å². The van der Waals surface area contributed by atoms with E-state index in [0.717, 1.165) is 10.7 Å². The molecule has 0 saturated heterocycles. The molecule has 0 saturated carbocycles. The van der Waals surface area contributed by atoms with Crippen molar-refractivity contribution in [2.45, 2.75) is 19.8 Å². The minimum absolute atomic E-state index is 0.0110. The van der Waals surface area contributed by atoms with Gasteiger partial charge in [-0.05, 0) is 36.8 Å². The second-order valence-corrected chi connectivity index (χ2v) is 7.18. The highest BCUT2D eigenvalue weighted by Crippen LogP contribution is 2.12. The van der Waals surface area contributed by atoms with Crippen LogP contribution in [0.25, 0.3) is 5.69 Å². The van der Waals surface area contributed by atoms with Gasteiger partial charge in [-0.25, -0.2) is 21.8 Å². The third-order valence-corrected chi connectivity index (χ3v) is 5.16. The maximum absolute atomic E-state index is 12.9. The molecule has 0 spiro atoms. The molecule has 0 fully saturated rings. The Kier molecular flexibility index (Phi) is 5.15. The van der Waals surface area contributed by atoms with Crippen LogP contribution in [-0.2, 0) is 10.0 Å². The van der Waals surface area contributed by atoms with E-state index in [-0.39, 0.29) is 17.3 Å². The van der Waals surface area contributed by atoms with E-state index in [4.69, 9.17) is 0 Å². The van der Waals surface area contributed by atoms with Crippen molar-refractivity contribution in [3.63, 3.8) is 0 Å². The van der Waals surface area contributed by atoms with Gasteiger partial charge in [0.15, 0.2) is 5.69 Å². The average molecular weight is 339 g/mol. The van der Waals surface area contributed by atoms with Crippen LogP contribution >= 0.6 is 0 Å². The van der Waals surface area contributed by atoms with Gasteiger partial charge in [0, 0.05) is 13.2 Å². The monoisotopic (exact) mass is 339 g/mol. The lowest BCUT2D eigenvalue weighted by Gasteiger charge is -2.16. The summed E-state index contributed by atoms with van der Waals surface area (Å²) in [5.74, 6) is -1.15. The third kappa shape index (κ3) is 3.95. The molecule has 1 aromatic carbocycles. The van der Waals surface area contributed by atoms with Crippen LogP contribution in [0.5, 0.6) is 0 Å². The first-order chi connectivity index (χ1) is 10.8. The SMILES string of the molecule is CCCCS(=O)(=O)N(C)C(=O)c1ccn(-c2ccc(F)cc2)n1. The lowest BCUT2D eigenvalue weighted by atomic mass is 10.3. The molecule has 0 unspecified atom stereocenters. The molecule has 1 heterocycles. The van der Waals surface area contributed by atoms with E-state index in [1.54, 1.807) is 0 Å². The van der Waals surface area contributed by atoms with Crippen LogP contribution in [0.15, 0.2) is 36.5 Å². The van der Waals surface area contributed by atoms with Gasteiger partial charge in [-0.2, -0.15) is 5.10 Å². The summed E-state index contributed by atoms with van der Waals surface area (Å²) in [4.78, 5) is 12.3. The molecule has 0 atom stereocenters. The minimum atomic E-state index is -3.65. The van der Waals surface area contributed by atoms with E-state index in [2.05, 4.69) is 5.10 Å². The summed E-state index contributed by atoms with van der Waals surface area (Å²) in [6.45, 7) is 1.88. The predicted molar refractivity (Wildman–Crippen MR) is 84.3 cm³/mol. The van der Waals surface area contributed by atoms with Crippen LogP contribution in [0.4, 0.5) is 4.39 Å². The van der Waals surface area contributed by atoms with Gasteiger partial charge in [0.1, 0.15) is 5.82 Å². The Labute approximate surface area is 134 Å². The molecular formula is C15H18FN3O3S. The van der Waals surface area contributed by atoms with Crippen molar-refractivity contribution < 1.29 is 17.6 Å². The fourth-order valence-corrected chi connectivity index (χ4v) is 3.20. The van der Waals surface area contributed by atoms with E-state index >= 15 is 0 Å². The smallest absolute Gasteiger partial charge is 0.266 e. The topological polar surface area (TPSA) is 72.3 Å². The van der Waals surface area contributed by atoms with Crippen molar-refractivity contribution in [1.82, 2.24) is 14.1 Å². The number of hydrogen-bond donors (Lipinski definition) is 0. The Hall–Kier alpha value is -2.22. The molecule has 0 bridgehead atoms. The van der Waals surface area contributed by atoms with E-state index in [1.165, 1.54) is 48.3 Å². The Morgan fingerprint density at radius 3 is 2.52 bits per heavy atom.